The summed E-state index contributed by atoms with van der Waals surface area (Å²) in [6.45, 7) is 6.29. The third-order valence-corrected chi connectivity index (χ3v) is 2.87. The molecule has 4 heteroatoms. The van der Waals surface area contributed by atoms with Gasteiger partial charge in [0.05, 0.1) is 6.61 Å². The van der Waals surface area contributed by atoms with Crippen molar-refractivity contribution in [3.8, 4) is 5.75 Å². The number of aliphatic carboxylic acids is 1. The molecule has 0 amide bonds. The van der Waals surface area contributed by atoms with Crippen LogP contribution in [0.5, 0.6) is 5.75 Å². The van der Waals surface area contributed by atoms with Gasteiger partial charge >= 0.3 is 5.97 Å². The maximum atomic E-state index is 10.4. The van der Waals surface area contributed by atoms with E-state index in [1.165, 1.54) is 6.42 Å². The standard InChI is InChI=1S/C17H24O4/c1-14(2)4-3-11-20-12-13-21-16-8-5-15(6-9-16)7-10-17(18)19/h5-10,14H,3-4,11-13H2,1-2H3,(H,18,19). The Hall–Kier alpha value is -1.81. The molecule has 0 bridgehead atoms. The zero-order valence-electron chi connectivity index (χ0n) is 12.7. The predicted octanol–water partition coefficient (Wildman–Crippen LogP) is 3.62. The number of hydrogen-bond donors (Lipinski definition) is 1. The predicted molar refractivity (Wildman–Crippen MR) is 83.5 cm³/mol. The third-order valence-electron chi connectivity index (χ3n) is 2.87. The second-order valence-corrected chi connectivity index (χ2v) is 5.24. The highest BCUT2D eigenvalue weighted by molar-refractivity contribution is 5.85. The second kappa shape index (κ2) is 10.00. The van der Waals surface area contributed by atoms with Crippen molar-refractivity contribution >= 4 is 12.0 Å². The van der Waals surface area contributed by atoms with Crippen LogP contribution in [-0.4, -0.2) is 30.9 Å². The van der Waals surface area contributed by atoms with Crippen LogP contribution in [0.1, 0.15) is 32.3 Å². The van der Waals surface area contributed by atoms with E-state index in [1.54, 1.807) is 6.08 Å². The van der Waals surface area contributed by atoms with Crippen molar-refractivity contribution in [1.82, 2.24) is 0 Å². The van der Waals surface area contributed by atoms with Crippen molar-refractivity contribution in [2.75, 3.05) is 19.8 Å². The first-order valence-corrected chi connectivity index (χ1v) is 7.29. The Morgan fingerprint density at radius 1 is 1.19 bits per heavy atom. The Morgan fingerprint density at radius 3 is 2.52 bits per heavy atom. The highest BCUT2D eigenvalue weighted by Gasteiger charge is 1.96. The normalized spacial score (nSPS) is 11.2. The SMILES string of the molecule is CC(C)CCCOCCOc1ccc(C=CC(=O)O)cc1. The van der Waals surface area contributed by atoms with Crippen LogP contribution < -0.4 is 4.74 Å². The molecule has 0 spiro atoms. The third kappa shape index (κ3) is 8.87. The number of hydrogen-bond acceptors (Lipinski definition) is 3. The van der Waals surface area contributed by atoms with E-state index in [-0.39, 0.29) is 0 Å². The topological polar surface area (TPSA) is 55.8 Å². The van der Waals surface area contributed by atoms with Crippen LogP contribution in [0.3, 0.4) is 0 Å². The summed E-state index contributed by atoms with van der Waals surface area (Å²) in [4.78, 5) is 10.4. The van der Waals surface area contributed by atoms with Crippen molar-refractivity contribution in [2.24, 2.45) is 5.92 Å². The summed E-state index contributed by atoms with van der Waals surface area (Å²) in [7, 11) is 0. The summed E-state index contributed by atoms with van der Waals surface area (Å²) in [5.41, 5.74) is 0.828. The van der Waals surface area contributed by atoms with Gasteiger partial charge in [0.2, 0.25) is 0 Å². The van der Waals surface area contributed by atoms with Gasteiger partial charge in [0.1, 0.15) is 12.4 Å². The van der Waals surface area contributed by atoms with E-state index in [9.17, 15) is 4.79 Å². The highest BCUT2D eigenvalue weighted by Crippen LogP contribution is 2.13. The second-order valence-electron chi connectivity index (χ2n) is 5.24. The fourth-order valence-electron chi connectivity index (χ4n) is 1.76. The summed E-state index contributed by atoms with van der Waals surface area (Å²) in [6.07, 6.45) is 4.93. The minimum atomic E-state index is -0.954. The smallest absolute Gasteiger partial charge is 0.328 e. The van der Waals surface area contributed by atoms with E-state index in [1.807, 2.05) is 24.3 Å². The number of benzene rings is 1. The molecular weight excluding hydrogens is 268 g/mol. The number of ether oxygens (including phenoxy) is 2. The van der Waals surface area contributed by atoms with Crippen LogP contribution in [0.2, 0.25) is 0 Å². The molecule has 1 aromatic rings. The molecule has 0 aliphatic carbocycles. The zero-order chi connectivity index (χ0) is 15.5. The van der Waals surface area contributed by atoms with Gasteiger partial charge in [-0.15, -0.1) is 0 Å². The molecule has 0 heterocycles. The summed E-state index contributed by atoms with van der Waals surface area (Å²) < 4.78 is 11.0. The Labute approximate surface area is 126 Å². The van der Waals surface area contributed by atoms with Crippen molar-refractivity contribution in [1.29, 1.82) is 0 Å². The van der Waals surface area contributed by atoms with Crippen molar-refractivity contribution in [3.63, 3.8) is 0 Å². The molecule has 1 aromatic carbocycles. The first-order valence-electron chi connectivity index (χ1n) is 7.29. The monoisotopic (exact) mass is 292 g/mol. The lowest BCUT2D eigenvalue weighted by atomic mass is 10.1. The van der Waals surface area contributed by atoms with Gasteiger partial charge in [0.25, 0.3) is 0 Å². The Kier molecular flexibility index (Phi) is 8.21. The van der Waals surface area contributed by atoms with E-state index in [0.29, 0.717) is 13.2 Å². The Morgan fingerprint density at radius 2 is 1.90 bits per heavy atom. The van der Waals surface area contributed by atoms with Gasteiger partial charge < -0.3 is 14.6 Å². The van der Waals surface area contributed by atoms with Gasteiger partial charge in [-0.2, -0.15) is 0 Å². The van der Waals surface area contributed by atoms with Crippen LogP contribution in [0, 0.1) is 5.92 Å². The zero-order valence-corrected chi connectivity index (χ0v) is 12.7. The molecule has 0 saturated carbocycles. The molecule has 4 nitrogen and oxygen atoms in total. The van der Waals surface area contributed by atoms with E-state index in [4.69, 9.17) is 14.6 Å². The maximum Gasteiger partial charge on any atom is 0.328 e. The average molecular weight is 292 g/mol. The molecule has 0 aromatic heterocycles. The first-order chi connectivity index (χ1) is 10.1. The lowest BCUT2D eigenvalue weighted by Gasteiger charge is -2.08. The van der Waals surface area contributed by atoms with Crippen LogP contribution in [-0.2, 0) is 9.53 Å². The number of carboxylic acids is 1. The summed E-state index contributed by atoms with van der Waals surface area (Å²) in [5.74, 6) is 0.525. The van der Waals surface area contributed by atoms with Gasteiger partial charge in [-0.1, -0.05) is 26.0 Å². The average Bonchev–Trinajstić information content (AvgIpc) is 2.45. The van der Waals surface area contributed by atoms with Crippen molar-refractivity contribution in [2.45, 2.75) is 26.7 Å². The molecule has 21 heavy (non-hydrogen) atoms. The quantitative estimate of drug-likeness (QED) is 0.528. The molecule has 0 aliphatic rings. The number of rotatable bonds is 10. The van der Waals surface area contributed by atoms with Crippen LogP contribution in [0.15, 0.2) is 30.3 Å². The van der Waals surface area contributed by atoms with Gasteiger partial charge in [-0.05, 0) is 42.5 Å². The van der Waals surface area contributed by atoms with Crippen LogP contribution >= 0.6 is 0 Å². The molecule has 0 fully saturated rings. The van der Waals surface area contributed by atoms with Gasteiger partial charge in [0, 0.05) is 12.7 Å². The highest BCUT2D eigenvalue weighted by atomic mass is 16.5. The van der Waals surface area contributed by atoms with Crippen molar-refractivity contribution < 1.29 is 19.4 Å². The summed E-state index contributed by atoms with van der Waals surface area (Å²) in [6, 6.07) is 7.27. The molecule has 0 unspecified atom stereocenters. The van der Waals surface area contributed by atoms with Crippen LogP contribution in [0.25, 0.3) is 6.08 Å². The Bertz CT molecular complexity index is 435. The summed E-state index contributed by atoms with van der Waals surface area (Å²) in [5, 5.41) is 8.54. The molecule has 0 saturated heterocycles. The lowest BCUT2D eigenvalue weighted by molar-refractivity contribution is -0.131. The van der Waals surface area contributed by atoms with Gasteiger partial charge in [-0.25, -0.2) is 4.79 Å². The maximum absolute atomic E-state index is 10.4. The van der Waals surface area contributed by atoms with E-state index >= 15 is 0 Å². The largest absolute Gasteiger partial charge is 0.491 e. The van der Waals surface area contributed by atoms with Crippen LogP contribution in [0.4, 0.5) is 0 Å². The molecular formula is C17H24O4. The minimum absolute atomic E-state index is 0.520. The number of carbonyl (C=O) groups is 1. The van der Waals surface area contributed by atoms with E-state index < -0.39 is 5.97 Å². The minimum Gasteiger partial charge on any atom is -0.491 e. The fraction of sp³-hybridized carbons (Fsp3) is 0.471. The molecule has 0 radical (unpaired) electrons. The molecule has 1 rings (SSSR count). The number of carboxylic acid groups (broad SMARTS) is 1. The Balaban J connectivity index is 2.17. The van der Waals surface area contributed by atoms with Gasteiger partial charge in [0.15, 0.2) is 0 Å². The molecule has 1 N–H and O–H groups in total. The van der Waals surface area contributed by atoms with E-state index in [2.05, 4.69) is 13.8 Å². The molecule has 0 atom stereocenters. The van der Waals surface area contributed by atoms with E-state index in [0.717, 1.165) is 36.3 Å². The molecule has 0 aliphatic heterocycles. The molecule has 116 valence electrons. The fourth-order valence-corrected chi connectivity index (χ4v) is 1.76. The van der Waals surface area contributed by atoms with Crippen molar-refractivity contribution in [3.05, 3.63) is 35.9 Å². The van der Waals surface area contributed by atoms with Gasteiger partial charge in [-0.3, -0.25) is 0 Å². The summed E-state index contributed by atoms with van der Waals surface area (Å²) >= 11 is 0. The first kappa shape index (κ1) is 17.2. The lowest BCUT2D eigenvalue weighted by Crippen LogP contribution is -2.07.